The molecule has 5 aromatic heterocycles. The van der Waals surface area contributed by atoms with Crippen LogP contribution in [0.15, 0.2) is 71.9 Å². The highest BCUT2D eigenvalue weighted by atomic mass is 16.3. The van der Waals surface area contributed by atoms with Gasteiger partial charge in [-0.25, -0.2) is 9.97 Å². The van der Waals surface area contributed by atoms with Crippen LogP contribution in [-0.2, 0) is 4.79 Å². The van der Waals surface area contributed by atoms with Gasteiger partial charge in [0.1, 0.15) is 5.69 Å². The number of benzene rings is 1. The van der Waals surface area contributed by atoms with Crippen molar-refractivity contribution in [2.75, 3.05) is 5.32 Å². The molecule has 0 bridgehead atoms. The number of pyridine rings is 2. The maximum absolute atomic E-state index is 12.0. The number of hydrogen-bond donors (Lipinski definition) is 3. The van der Waals surface area contributed by atoms with Crippen LogP contribution in [0.4, 0.5) is 5.69 Å². The van der Waals surface area contributed by atoms with E-state index >= 15 is 0 Å². The number of anilines is 1. The minimum absolute atomic E-state index is 0.0210. The van der Waals surface area contributed by atoms with Crippen LogP contribution in [0.1, 0.15) is 19.8 Å². The van der Waals surface area contributed by atoms with Crippen molar-refractivity contribution in [3.05, 3.63) is 67.5 Å². The van der Waals surface area contributed by atoms with Crippen LogP contribution < -0.4 is 5.32 Å². The summed E-state index contributed by atoms with van der Waals surface area (Å²) in [5, 5.41) is 11.4. The SMILES string of the molecule is CCCC(=O)Nc1cncc(-c2ccc3[nH]nc(-c4nc5nccc(-c6ccoc6)c5[nH]4)c3c2)c1. The number of H-pyrrole nitrogens is 2. The molecule has 0 radical (unpaired) electrons. The number of nitrogens with zero attached hydrogens (tertiary/aromatic N) is 4. The van der Waals surface area contributed by atoms with Gasteiger partial charge in [-0.2, -0.15) is 5.10 Å². The van der Waals surface area contributed by atoms with Gasteiger partial charge in [0, 0.05) is 40.9 Å². The standard InChI is InChI=1S/C26H21N7O2/c1-2-3-22(34)29-18-10-17(12-27-13-18)15-4-5-21-20(11-15)24(33-32-21)26-30-23-19(16-7-9-35-14-16)6-8-28-25(23)31-26/h4-14H,2-3H2,1H3,(H,29,34)(H,32,33)(H,28,30,31). The average molecular weight is 464 g/mol. The van der Waals surface area contributed by atoms with Crippen LogP contribution >= 0.6 is 0 Å². The van der Waals surface area contributed by atoms with Crippen LogP contribution in [0.25, 0.3) is 55.8 Å². The van der Waals surface area contributed by atoms with Crippen molar-refractivity contribution >= 4 is 33.7 Å². The van der Waals surface area contributed by atoms with Gasteiger partial charge < -0.3 is 14.7 Å². The summed E-state index contributed by atoms with van der Waals surface area (Å²) in [4.78, 5) is 28.8. The lowest BCUT2D eigenvalue weighted by Crippen LogP contribution is -2.10. The Labute approximate surface area is 199 Å². The normalized spacial score (nSPS) is 11.3. The summed E-state index contributed by atoms with van der Waals surface area (Å²) in [6.45, 7) is 1.97. The summed E-state index contributed by atoms with van der Waals surface area (Å²) in [5.74, 6) is 0.595. The fourth-order valence-corrected chi connectivity index (χ4v) is 4.17. The third-order valence-corrected chi connectivity index (χ3v) is 5.84. The van der Waals surface area contributed by atoms with Crippen molar-refractivity contribution in [1.82, 2.24) is 30.1 Å². The van der Waals surface area contributed by atoms with Gasteiger partial charge in [-0.05, 0) is 42.3 Å². The smallest absolute Gasteiger partial charge is 0.224 e. The van der Waals surface area contributed by atoms with Gasteiger partial charge in [0.2, 0.25) is 5.91 Å². The number of carbonyl (C=O) groups is 1. The minimum Gasteiger partial charge on any atom is -0.472 e. The first kappa shape index (κ1) is 20.8. The highest BCUT2D eigenvalue weighted by Gasteiger charge is 2.17. The molecule has 0 atom stereocenters. The predicted molar refractivity (Wildman–Crippen MR) is 133 cm³/mol. The number of amides is 1. The van der Waals surface area contributed by atoms with E-state index in [0.717, 1.165) is 45.1 Å². The molecule has 0 saturated carbocycles. The number of carbonyl (C=O) groups excluding carboxylic acids is 1. The van der Waals surface area contributed by atoms with Crippen molar-refractivity contribution in [2.24, 2.45) is 0 Å². The van der Waals surface area contributed by atoms with Crippen molar-refractivity contribution in [3.8, 4) is 33.8 Å². The molecule has 0 fully saturated rings. The first-order chi connectivity index (χ1) is 17.2. The lowest BCUT2D eigenvalue weighted by atomic mass is 10.0. The molecule has 9 heteroatoms. The molecular weight excluding hydrogens is 442 g/mol. The highest BCUT2D eigenvalue weighted by molar-refractivity contribution is 5.97. The number of furan rings is 1. The molecule has 0 unspecified atom stereocenters. The maximum atomic E-state index is 12.0. The molecule has 0 saturated heterocycles. The summed E-state index contributed by atoms with van der Waals surface area (Å²) in [6.07, 6.45) is 9.76. The van der Waals surface area contributed by atoms with Gasteiger partial charge in [0.25, 0.3) is 0 Å². The molecule has 172 valence electrons. The molecule has 3 N–H and O–H groups in total. The molecule has 1 amide bonds. The largest absolute Gasteiger partial charge is 0.472 e. The zero-order valence-corrected chi connectivity index (χ0v) is 18.9. The second kappa shape index (κ2) is 8.53. The van der Waals surface area contributed by atoms with Crippen LogP contribution in [0.2, 0.25) is 0 Å². The Morgan fingerprint density at radius 1 is 1.09 bits per heavy atom. The molecule has 0 aliphatic heterocycles. The number of hydrogen-bond acceptors (Lipinski definition) is 6. The predicted octanol–water partition coefficient (Wildman–Crippen LogP) is 5.56. The van der Waals surface area contributed by atoms with Crippen LogP contribution in [0, 0.1) is 0 Å². The third-order valence-electron chi connectivity index (χ3n) is 5.84. The van der Waals surface area contributed by atoms with E-state index in [9.17, 15) is 4.79 Å². The van der Waals surface area contributed by atoms with Crippen molar-refractivity contribution in [2.45, 2.75) is 19.8 Å². The average Bonchev–Trinajstić information content (AvgIpc) is 3.63. The molecule has 5 heterocycles. The Morgan fingerprint density at radius 2 is 2.03 bits per heavy atom. The molecule has 9 nitrogen and oxygen atoms in total. The molecule has 6 aromatic rings. The number of rotatable bonds is 6. The number of imidazole rings is 1. The summed E-state index contributed by atoms with van der Waals surface area (Å²) < 4.78 is 5.25. The Bertz CT molecular complexity index is 1660. The van der Waals surface area contributed by atoms with E-state index in [2.05, 4.69) is 30.5 Å². The van der Waals surface area contributed by atoms with E-state index in [1.807, 2.05) is 43.3 Å². The van der Waals surface area contributed by atoms with Gasteiger partial charge >= 0.3 is 0 Å². The fourth-order valence-electron chi connectivity index (χ4n) is 4.17. The van der Waals surface area contributed by atoms with Gasteiger partial charge in [0.05, 0.1) is 35.4 Å². The molecule has 35 heavy (non-hydrogen) atoms. The maximum Gasteiger partial charge on any atom is 0.224 e. The van der Waals surface area contributed by atoms with Crippen molar-refractivity contribution < 1.29 is 9.21 Å². The van der Waals surface area contributed by atoms with Crippen LogP contribution in [0.3, 0.4) is 0 Å². The number of fused-ring (bicyclic) bond motifs is 2. The van der Waals surface area contributed by atoms with Gasteiger partial charge in [-0.15, -0.1) is 0 Å². The van der Waals surface area contributed by atoms with E-state index in [4.69, 9.17) is 9.40 Å². The van der Waals surface area contributed by atoms with Crippen molar-refractivity contribution in [3.63, 3.8) is 0 Å². The zero-order chi connectivity index (χ0) is 23.8. The van der Waals surface area contributed by atoms with Crippen LogP contribution in [-0.4, -0.2) is 36.0 Å². The Balaban J connectivity index is 1.40. The number of aromatic amines is 2. The monoisotopic (exact) mass is 463 g/mol. The summed E-state index contributed by atoms with van der Waals surface area (Å²) in [5.41, 5.74) is 7.40. The van der Waals surface area contributed by atoms with E-state index in [1.165, 1.54) is 0 Å². The third kappa shape index (κ3) is 3.82. The van der Waals surface area contributed by atoms with E-state index in [0.29, 0.717) is 29.3 Å². The number of nitrogens with one attached hydrogen (secondary N) is 3. The van der Waals surface area contributed by atoms with Crippen LogP contribution in [0.5, 0.6) is 0 Å². The summed E-state index contributed by atoms with van der Waals surface area (Å²) >= 11 is 0. The first-order valence-corrected chi connectivity index (χ1v) is 11.3. The van der Waals surface area contributed by atoms with E-state index < -0.39 is 0 Å². The zero-order valence-electron chi connectivity index (χ0n) is 18.9. The molecule has 0 aliphatic rings. The van der Waals surface area contributed by atoms with Gasteiger partial charge in [-0.1, -0.05) is 13.0 Å². The van der Waals surface area contributed by atoms with E-state index in [1.54, 1.807) is 31.1 Å². The lowest BCUT2D eigenvalue weighted by molar-refractivity contribution is -0.116. The topological polar surface area (TPSA) is 125 Å². The fraction of sp³-hybridized carbons (Fsp3) is 0.115. The lowest BCUT2D eigenvalue weighted by Gasteiger charge is -2.07. The second-order valence-corrected chi connectivity index (χ2v) is 8.25. The van der Waals surface area contributed by atoms with Crippen molar-refractivity contribution in [1.29, 1.82) is 0 Å². The Hall–Kier alpha value is -4.79. The molecule has 6 rings (SSSR count). The first-order valence-electron chi connectivity index (χ1n) is 11.3. The highest BCUT2D eigenvalue weighted by Crippen LogP contribution is 2.33. The Morgan fingerprint density at radius 3 is 2.89 bits per heavy atom. The number of aromatic nitrogens is 6. The second-order valence-electron chi connectivity index (χ2n) is 8.25. The van der Waals surface area contributed by atoms with Gasteiger partial charge in [-0.3, -0.25) is 14.9 Å². The minimum atomic E-state index is -0.0210. The van der Waals surface area contributed by atoms with Gasteiger partial charge in [0.15, 0.2) is 11.5 Å². The quantitative estimate of drug-likeness (QED) is 0.297. The Kier molecular flexibility index (Phi) is 5.07. The summed E-state index contributed by atoms with van der Waals surface area (Å²) in [6, 6.07) is 11.8. The molecule has 1 aromatic carbocycles. The van der Waals surface area contributed by atoms with E-state index in [-0.39, 0.29) is 5.91 Å². The molecular formula is C26H21N7O2. The molecule has 0 spiro atoms. The molecule has 0 aliphatic carbocycles. The summed E-state index contributed by atoms with van der Waals surface area (Å²) in [7, 11) is 0.